The number of aliphatic hydroxyl groups excluding tert-OH is 1. The average molecular weight is 491 g/mol. The number of aromatic amines is 1. The van der Waals surface area contributed by atoms with Crippen LogP contribution in [0.1, 0.15) is 5.56 Å². The van der Waals surface area contributed by atoms with Crippen LogP contribution in [0.3, 0.4) is 0 Å². The fourth-order valence-corrected chi connectivity index (χ4v) is 4.18. The Morgan fingerprint density at radius 2 is 2.06 bits per heavy atom. The maximum Gasteiger partial charge on any atom is 0.417 e. The van der Waals surface area contributed by atoms with Crippen LogP contribution in [0.5, 0.6) is 5.75 Å². The summed E-state index contributed by atoms with van der Waals surface area (Å²) < 4.78 is 62.0. The number of methoxy groups -OCH3 is 1. The van der Waals surface area contributed by atoms with Crippen molar-refractivity contribution in [3.8, 4) is 16.9 Å². The highest BCUT2D eigenvalue weighted by molar-refractivity contribution is 7.83. The van der Waals surface area contributed by atoms with Crippen LogP contribution in [0.2, 0.25) is 5.02 Å². The van der Waals surface area contributed by atoms with Crippen LogP contribution in [0, 0.1) is 0 Å². The van der Waals surface area contributed by atoms with Crippen molar-refractivity contribution in [2.24, 2.45) is 0 Å². The second-order valence-electron chi connectivity index (χ2n) is 6.30. The van der Waals surface area contributed by atoms with E-state index in [1.165, 1.54) is 31.4 Å². The van der Waals surface area contributed by atoms with Gasteiger partial charge in [-0.2, -0.15) is 18.2 Å². The number of anilines is 3. The molecule has 3 rings (SSSR count). The molecule has 0 aliphatic heterocycles. The maximum absolute atomic E-state index is 13.9. The third-order valence-corrected chi connectivity index (χ3v) is 5.63. The molecule has 9 nitrogen and oxygen atoms in total. The molecule has 0 bridgehead atoms. The molecule has 0 fully saturated rings. The first-order valence-corrected chi connectivity index (χ1v) is 10.5. The van der Waals surface area contributed by atoms with Crippen LogP contribution in [-0.4, -0.2) is 44.8 Å². The van der Waals surface area contributed by atoms with Crippen molar-refractivity contribution in [2.45, 2.75) is 11.1 Å². The third-order valence-electron chi connectivity index (χ3n) is 4.15. The van der Waals surface area contributed by atoms with E-state index >= 15 is 0 Å². The molecule has 172 valence electrons. The van der Waals surface area contributed by atoms with E-state index in [1.807, 2.05) is 0 Å². The highest BCUT2D eigenvalue weighted by atomic mass is 35.5. The van der Waals surface area contributed by atoms with E-state index in [2.05, 4.69) is 25.2 Å². The number of H-pyrrole nitrogens is 1. The van der Waals surface area contributed by atoms with E-state index in [0.29, 0.717) is 0 Å². The summed E-state index contributed by atoms with van der Waals surface area (Å²) in [6.45, 7) is -0.260. The smallest absolute Gasteiger partial charge is 0.417 e. The molecule has 0 aliphatic carbocycles. The van der Waals surface area contributed by atoms with Crippen molar-refractivity contribution in [1.82, 2.24) is 19.9 Å². The number of aromatic nitrogens is 3. The van der Waals surface area contributed by atoms with Crippen molar-refractivity contribution in [3.05, 3.63) is 40.9 Å². The Hall–Kier alpha value is -2.87. The van der Waals surface area contributed by atoms with Crippen molar-refractivity contribution < 1.29 is 27.2 Å². The molecule has 1 aromatic heterocycles. The molecule has 0 aliphatic rings. The first-order valence-electron chi connectivity index (χ1n) is 8.94. The Labute approximate surface area is 187 Å². The fourth-order valence-electron chi connectivity index (χ4n) is 2.85. The minimum Gasteiger partial charge on any atom is -0.495 e. The number of hydrogen-bond acceptors (Lipinski definition) is 7. The lowest BCUT2D eigenvalue weighted by atomic mass is 9.98. The SMILES string of the molecule is COc1ccc(-c2c(Cl)cc(Nc3n[nH]c(N)n3)cc2C(F)(F)F)cc1S(=O)NCCO. The number of ether oxygens (including phenoxy) is 1. The van der Waals surface area contributed by atoms with E-state index in [4.69, 9.17) is 27.2 Å². The Morgan fingerprint density at radius 3 is 2.66 bits per heavy atom. The summed E-state index contributed by atoms with van der Waals surface area (Å²) in [5.41, 5.74) is 4.16. The number of hydrogen-bond donors (Lipinski definition) is 5. The molecule has 14 heteroatoms. The van der Waals surface area contributed by atoms with Gasteiger partial charge in [-0.05, 0) is 29.8 Å². The minimum absolute atomic E-state index is 0.00741. The highest BCUT2D eigenvalue weighted by Crippen LogP contribution is 2.44. The van der Waals surface area contributed by atoms with Crippen molar-refractivity contribution in [2.75, 3.05) is 31.3 Å². The summed E-state index contributed by atoms with van der Waals surface area (Å²) in [5, 5.41) is 17.4. The van der Waals surface area contributed by atoms with Gasteiger partial charge < -0.3 is 20.9 Å². The van der Waals surface area contributed by atoms with Gasteiger partial charge in [0.2, 0.25) is 11.9 Å². The molecule has 0 spiro atoms. The molecular formula is C18H18ClF3N6O3S. The van der Waals surface area contributed by atoms with Crippen molar-refractivity contribution in [1.29, 1.82) is 0 Å². The number of aliphatic hydroxyl groups is 1. The molecule has 0 saturated carbocycles. The standard InChI is InChI=1S/C18H18ClF3N6O3S/c1-31-13-3-2-9(6-14(13)32(30)24-4-5-29)15-11(18(20,21)22)7-10(8-12(15)19)25-17-26-16(23)27-28-17/h2-3,6-8,24,29H,4-5H2,1H3,(H4,23,25,26,27,28). The Kier molecular flexibility index (Phi) is 7.23. The van der Waals surface area contributed by atoms with E-state index < -0.39 is 22.7 Å². The molecular weight excluding hydrogens is 473 g/mol. The Balaban J connectivity index is 2.11. The summed E-state index contributed by atoms with van der Waals surface area (Å²) in [7, 11) is -0.506. The number of rotatable bonds is 8. The van der Waals surface area contributed by atoms with E-state index in [1.54, 1.807) is 0 Å². The first kappa shape index (κ1) is 23.8. The lowest BCUT2D eigenvalue weighted by Crippen LogP contribution is -2.21. The summed E-state index contributed by atoms with van der Waals surface area (Å²) in [6, 6.07) is 6.20. The molecule has 2 aromatic carbocycles. The number of halogens is 4. The van der Waals surface area contributed by atoms with Crippen LogP contribution >= 0.6 is 11.6 Å². The Morgan fingerprint density at radius 1 is 1.31 bits per heavy atom. The van der Waals surface area contributed by atoms with Crippen LogP contribution in [0.25, 0.3) is 11.1 Å². The zero-order valence-corrected chi connectivity index (χ0v) is 18.0. The number of nitrogen functional groups attached to an aromatic ring is 1. The lowest BCUT2D eigenvalue weighted by Gasteiger charge is -2.18. The van der Waals surface area contributed by atoms with Gasteiger partial charge in [0, 0.05) is 17.8 Å². The number of nitrogens with one attached hydrogen (secondary N) is 3. The topological polar surface area (TPSA) is 138 Å². The number of alkyl halides is 3. The first-order chi connectivity index (χ1) is 15.1. The zero-order chi connectivity index (χ0) is 23.5. The molecule has 0 amide bonds. The number of benzene rings is 2. The molecule has 0 radical (unpaired) electrons. The van der Waals surface area contributed by atoms with Gasteiger partial charge in [-0.25, -0.2) is 14.0 Å². The van der Waals surface area contributed by atoms with Crippen LogP contribution in [-0.2, 0) is 17.2 Å². The summed E-state index contributed by atoms with van der Waals surface area (Å²) in [5.74, 6) is 0.152. The van der Waals surface area contributed by atoms with Crippen LogP contribution < -0.4 is 20.5 Å². The lowest BCUT2D eigenvalue weighted by molar-refractivity contribution is -0.137. The van der Waals surface area contributed by atoms with Crippen LogP contribution in [0.4, 0.5) is 30.8 Å². The fraction of sp³-hybridized carbons (Fsp3) is 0.222. The highest BCUT2D eigenvalue weighted by Gasteiger charge is 2.35. The maximum atomic E-state index is 13.9. The van der Waals surface area contributed by atoms with E-state index in [9.17, 15) is 17.4 Å². The average Bonchev–Trinajstić information content (AvgIpc) is 3.15. The van der Waals surface area contributed by atoms with Gasteiger partial charge in [0.15, 0.2) is 0 Å². The van der Waals surface area contributed by atoms with Gasteiger partial charge in [0.25, 0.3) is 0 Å². The summed E-state index contributed by atoms with van der Waals surface area (Å²) >= 11 is 6.27. The molecule has 1 heterocycles. The number of nitrogens with two attached hydrogens (primary N) is 1. The second-order valence-corrected chi connectivity index (χ2v) is 7.97. The quantitative estimate of drug-likeness (QED) is 0.327. The molecule has 6 N–H and O–H groups in total. The normalized spacial score (nSPS) is 12.6. The molecule has 0 saturated heterocycles. The van der Waals surface area contributed by atoms with Crippen molar-refractivity contribution in [3.63, 3.8) is 0 Å². The van der Waals surface area contributed by atoms with Gasteiger partial charge in [-0.3, -0.25) is 0 Å². The zero-order valence-electron chi connectivity index (χ0n) is 16.5. The van der Waals surface area contributed by atoms with Crippen molar-refractivity contribution >= 4 is 40.2 Å². The third kappa shape index (κ3) is 5.30. The predicted molar refractivity (Wildman–Crippen MR) is 114 cm³/mol. The largest absolute Gasteiger partial charge is 0.495 e. The van der Waals surface area contributed by atoms with E-state index in [0.717, 1.165) is 6.07 Å². The second kappa shape index (κ2) is 9.73. The van der Waals surface area contributed by atoms with Crippen LogP contribution in [0.15, 0.2) is 35.2 Å². The molecule has 1 unspecified atom stereocenters. The molecule has 1 atom stereocenters. The molecule has 3 aromatic rings. The van der Waals surface area contributed by atoms with Gasteiger partial charge in [-0.1, -0.05) is 17.7 Å². The minimum atomic E-state index is -4.76. The monoisotopic (exact) mass is 490 g/mol. The Bertz CT molecular complexity index is 1140. The van der Waals surface area contributed by atoms with Gasteiger partial charge in [0.05, 0.1) is 29.2 Å². The predicted octanol–water partition coefficient (Wildman–Crippen LogP) is 3.08. The van der Waals surface area contributed by atoms with Gasteiger partial charge >= 0.3 is 6.18 Å². The summed E-state index contributed by atoms with van der Waals surface area (Å²) in [6.07, 6.45) is -4.76. The van der Waals surface area contributed by atoms with Gasteiger partial charge in [0.1, 0.15) is 16.7 Å². The number of nitrogens with zero attached hydrogens (tertiary/aromatic N) is 2. The summed E-state index contributed by atoms with van der Waals surface area (Å²) in [4.78, 5) is 3.88. The molecule has 32 heavy (non-hydrogen) atoms. The van der Waals surface area contributed by atoms with E-state index in [-0.39, 0.29) is 57.5 Å². The van der Waals surface area contributed by atoms with Gasteiger partial charge in [-0.15, -0.1) is 5.10 Å².